The van der Waals surface area contributed by atoms with E-state index in [1.54, 1.807) is 18.2 Å². The molecule has 0 aliphatic heterocycles. The number of hydrogen-bond acceptors (Lipinski definition) is 4. The second-order valence-electron chi connectivity index (χ2n) is 4.00. The molecule has 0 unspecified atom stereocenters. The molecule has 0 bridgehead atoms. The number of aliphatic carboxylic acids is 1. The summed E-state index contributed by atoms with van der Waals surface area (Å²) in [5, 5.41) is 12.6. The highest BCUT2D eigenvalue weighted by Gasteiger charge is 2.18. The third-order valence-electron chi connectivity index (χ3n) is 2.39. The summed E-state index contributed by atoms with van der Waals surface area (Å²) in [4.78, 5) is 10.4. The average Bonchev–Trinajstić information content (AvgIpc) is 2.81. The summed E-state index contributed by atoms with van der Waals surface area (Å²) in [5.74, 6) is -1.12. The quantitative estimate of drug-likeness (QED) is 0.692. The molecule has 2 aromatic rings. The van der Waals surface area contributed by atoms with Gasteiger partial charge in [0.1, 0.15) is 11.4 Å². The molecule has 0 radical (unpaired) electrons. The van der Waals surface area contributed by atoms with Gasteiger partial charge in [0.2, 0.25) is 0 Å². The van der Waals surface area contributed by atoms with Crippen molar-refractivity contribution >= 4 is 55.9 Å². The first kappa shape index (κ1) is 16.0. The van der Waals surface area contributed by atoms with E-state index < -0.39 is 22.5 Å². The molecule has 0 spiro atoms. The van der Waals surface area contributed by atoms with Crippen LogP contribution in [0.5, 0.6) is 0 Å². The van der Waals surface area contributed by atoms with Crippen molar-refractivity contribution in [2.45, 2.75) is 11.4 Å². The van der Waals surface area contributed by atoms with Crippen LogP contribution >= 0.6 is 34.2 Å². The lowest BCUT2D eigenvalue weighted by molar-refractivity contribution is -0.137. The average molecular weight is 442 g/mol. The van der Waals surface area contributed by atoms with Crippen LogP contribution in [0, 0.1) is 3.57 Å². The van der Waals surface area contributed by atoms with Gasteiger partial charge in [0.05, 0.1) is 16.9 Å². The standard InChI is InChI=1S/C11H9ClIN3O4S/c12-9-3-7(13)1-2-10(9)15-21(19,20)8-4-14-16(5-8)6-11(17)18/h1-5,15H,6H2,(H,17,18). The van der Waals surface area contributed by atoms with E-state index in [0.29, 0.717) is 0 Å². The molecule has 0 aliphatic carbocycles. The highest BCUT2D eigenvalue weighted by Crippen LogP contribution is 2.26. The van der Waals surface area contributed by atoms with Crippen molar-refractivity contribution in [2.75, 3.05) is 4.72 Å². The van der Waals surface area contributed by atoms with E-state index in [2.05, 4.69) is 32.4 Å². The number of carboxylic acids is 1. The van der Waals surface area contributed by atoms with Crippen LogP contribution in [0.15, 0.2) is 35.5 Å². The third kappa shape index (κ3) is 4.08. The van der Waals surface area contributed by atoms with E-state index in [1.165, 1.54) is 0 Å². The predicted molar refractivity (Wildman–Crippen MR) is 84.8 cm³/mol. The van der Waals surface area contributed by atoms with E-state index in [4.69, 9.17) is 16.7 Å². The Morgan fingerprint density at radius 3 is 2.81 bits per heavy atom. The van der Waals surface area contributed by atoms with E-state index in [1.807, 2.05) is 0 Å². The zero-order valence-corrected chi connectivity index (χ0v) is 14.1. The van der Waals surface area contributed by atoms with E-state index >= 15 is 0 Å². The fraction of sp³-hybridized carbons (Fsp3) is 0.0909. The first-order valence-electron chi connectivity index (χ1n) is 5.50. The summed E-state index contributed by atoms with van der Waals surface area (Å²) < 4.78 is 28.6. The van der Waals surface area contributed by atoms with E-state index in [9.17, 15) is 13.2 Å². The largest absolute Gasteiger partial charge is 0.480 e. The first-order chi connectivity index (χ1) is 9.78. The number of benzene rings is 1. The zero-order valence-electron chi connectivity index (χ0n) is 10.3. The van der Waals surface area contributed by atoms with Crippen molar-refractivity contribution in [3.63, 3.8) is 0 Å². The van der Waals surface area contributed by atoms with Gasteiger partial charge in [-0.2, -0.15) is 5.10 Å². The van der Waals surface area contributed by atoms with Gasteiger partial charge in [0, 0.05) is 9.77 Å². The summed E-state index contributed by atoms with van der Waals surface area (Å²) in [6, 6.07) is 4.87. The molecule has 112 valence electrons. The summed E-state index contributed by atoms with van der Waals surface area (Å²) in [6.45, 7) is -0.417. The van der Waals surface area contributed by atoms with Crippen LogP contribution in [0.4, 0.5) is 5.69 Å². The van der Waals surface area contributed by atoms with Crippen molar-refractivity contribution in [3.8, 4) is 0 Å². The number of carboxylic acid groups (broad SMARTS) is 1. The van der Waals surface area contributed by atoms with Gasteiger partial charge in [0.15, 0.2) is 0 Å². The summed E-state index contributed by atoms with van der Waals surface area (Å²) in [7, 11) is -3.88. The Kier molecular flexibility index (Phi) is 4.74. The maximum absolute atomic E-state index is 12.2. The van der Waals surface area contributed by atoms with Gasteiger partial charge >= 0.3 is 5.97 Å². The number of hydrogen-bond donors (Lipinski definition) is 2. The molecule has 0 fully saturated rings. The van der Waals surface area contributed by atoms with Crippen molar-refractivity contribution in [3.05, 3.63) is 39.2 Å². The van der Waals surface area contributed by atoms with E-state index in [-0.39, 0.29) is 15.6 Å². The number of carbonyl (C=O) groups is 1. The summed E-state index contributed by atoms with van der Waals surface area (Å²) >= 11 is 8.02. The normalized spacial score (nSPS) is 11.3. The Morgan fingerprint density at radius 1 is 1.48 bits per heavy atom. The molecule has 10 heteroatoms. The molecule has 0 amide bonds. The summed E-state index contributed by atoms with van der Waals surface area (Å²) in [5.41, 5.74) is 0.239. The monoisotopic (exact) mass is 441 g/mol. The minimum absolute atomic E-state index is 0.140. The highest BCUT2D eigenvalue weighted by atomic mass is 127. The Bertz CT molecular complexity index is 791. The zero-order chi connectivity index (χ0) is 15.6. The SMILES string of the molecule is O=C(O)Cn1cc(S(=O)(=O)Nc2ccc(I)cc2Cl)cn1. The number of aromatic nitrogens is 2. The molecule has 0 atom stereocenters. The van der Waals surface area contributed by atoms with Gasteiger partial charge in [-0.25, -0.2) is 8.42 Å². The highest BCUT2D eigenvalue weighted by molar-refractivity contribution is 14.1. The lowest BCUT2D eigenvalue weighted by Crippen LogP contribution is -2.13. The number of nitrogens with one attached hydrogen (secondary N) is 1. The topological polar surface area (TPSA) is 101 Å². The molecule has 1 heterocycles. The van der Waals surface area contributed by atoms with Crippen molar-refractivity contribution in [2.24, 2.45) is 0 Å². The molecule has 1 aromatic carbocycles. The first-order valence-corrected chi connectivity index (χ1v) is 8.44. The molecule has 21 heavy (non-hydrogen) atoms. The van der Waals surface area contributed by atoms with Crippen LogP contribution in [0.25, 0.3) is 0 Å². The van der Waals surface area contributed by atoms with Gasteiger partial charge in [-0.05, 0) is 40.8 Å². The van der Waals surface area contributed by atoms with Crippen LogP contribution in [0.2, 0.25) is 5.02 Å². The molecule has 2 N–H and O–H groups in total. The van der Waals surface area contributed by atoms with Crippen molar-refractivity contribution in [1.29, 1.82) is 0 Å². The van der Waals surface area contributed by atoms with Gasteiger partial charge in [-0.3, -0.25) is 14.2 Å². The lowest BCUT2D eigenvalue weighted by Gasteiger charge is -2.08. The van der Waals surface area contributed by atoms with Crippen LogP contribution < -0.4 is 4.72 Å². The molecular weight excluding hydrogens is 433 g/mol. The molecule has 7 nitrogen and oxygen atoms in total. The molecule has 0 saturated carbocycles. The van der Waals surface area contributed by atoms with Crippen LogP contribution in [-0.4, -0.2) is 29.3 Å². The molecular formula is C11H9ClIN3O4S. The van der Waals surface area contributed by atoms with Crippen LogP contribution in [0.3, 0.4) is 0 Å². The van der Waals surface area contributed by atoms with E-state index in [0.717, 1.165) is 20.6 Å². The van der Waals surface area contributed by atoms with Crippen molar-refractivity contribution in [1.82, 2.24) is 9.78 Å². The minimum Gasteiger partial charge on any atom is -0.480 e. The number of nitrogens with zero attached hydrogens (tertiary/aromatic N) is 2. The van der Waals surface area contributed by atoms with Gasteiger partial charge in [-0.15, -0.1) is 0 Å². The van der Waals surface area contributed by atoms with Crippen LogP contribution in [0.1, 0.15) is 0 Å². The van der Waals surface area contributed by atoms with Gasteiger partial charge < -0.3 is 5.11 Å². The van der Waals surface area contributed by atoms with Gasteiger partial charge in [0.25, 0.3) is 10.0 Å². The lowest BCUT2D eigenvalue weighted by atomic mass is 10.3. The fourth-order valence-electron chi connectivity index (χ4n) is 1.48. The second-order valence-corrected chi connectivity index (χ2v) is 7.33. The Hall–Kier alpha value is -1.33. The third-order valence-corrected chi connectivity index (χ3v) is 4.70. The second kappa shape index (κ2) is 6.20. The predicted octanol–water partition coefficient (Wildman–Crippen LogP) is 2.03. The number of halogens is 2. The molecule has 2 rings (SSSR count). The Morgan fingerprint density at radius 2 is 2.19 bits per heavy atom. The molecule has 0 aliphatic rings. The summed E-state index contributed by atoms with van der Waals surface area (Å²) in [6.07, 6.45) is 2.21. The Balaban J connectivity index is 2.25. The maximum Gasteiger partial charge on any atom is 0.325 e. The maximum atomic E-state index is 12.2. The molecule has 1 aromatic heterocycles. The van der Waals surface area contributed by atoms with Gasteiger partial charge in [-0.1, -0.05) is 11.6 Å². The Labute approximate surface area is 139 Å². The van der Waals surface area contributed by atoms with Crippen molar-refractivity contribution < 1.29 is 18.3 Å². The fourth-order valence-corrected chi connectivity index (χ4v) is 3.48. The minimum atomic E-state index is -3.88. The molecule has 0 saturated heterocycles. The van der Waals surface area contributed by atoms with Crippen LogP contribution in [-0.2, 0) is 21.4 Å². The number of anilines is 1. The smallest absolute Gasteiger partial charge is 0.325 e. The number of rotatable bonds is 5. The number of sulfonamides is 1.